The number of allylic oxidation sites excluding steroid dienone is 6. The number of halogens is 1. The van der Waals surface area contributed by atoms with Gasteiger partial charge in [0.25, 0.3) is 0 Å². The second kappa shape index (κ2) is 24.0. The zero-order valence-corrected chi connectivity index (χ0v) is 22.1. The number of fused-ring (bicyclic) bond motifs is 2. The van der Waals surface area contributed by atoms with Gasteiger partial charge in [-0.2, -0.15) is 54.0 Å². The standard InChI is InChI=1S/C6H3ClSi.2C5H12O2.4H2S/c7-5-3-4-1-2-6(5)8-4;2*1-4-5(6-2)7-3;;;;/h1-3H;2*5H,4H2,1-3H3;4*1H2. The molecule has 0 aromatic heterocycles. The molecule has 0 atom stereocenters. The lowest BCUT2D eigenvalue weighted by Gasteiger charge is -2.08. The van der Waals surface area contributed by atoms with Crippen molar-refractivity contribution < 1.29 is 18.9 Å². The van der Waals surface area contributed by atoms with Gasteiger partial charge in [0.1, 0.15) is 9.52 Å². The zero-order valence-electron chi connectivity index (χ0n) is 16.3. The molecule has 0 saturated heterocycles. The third-order valence-electron chi connectivity index (χ3n) is 2.97. The highest BCUT2D eigenvalue weighted by atomic mass is 35.5. The summed E-state index contributed by atoms with van der Waals surface area (Å²) in [6.45, 7) is 4.02. The van der Waals surface area contributed by atoms with Crippen LogP contribution in [0.15, 0.2) is 33.7 Å². The summed E-state index contributed by atoms with van der Waals surface area (Å²) in [4.78, 5) is 0. The monoisotopic (exact) mass is 482 g/mol. The molecule has 2 bridgehead atoms. The molecular weight excluding hydrogens is 448 g/mol. The van der Waals surface area contributed by atoms with E-state index in [4.69, 9.17) is 30.5 Å². The molecule has 0 aromatic carbocycles. The van der Waals surface area contributed by atoms with Gasteiger partial charge in [0.15, 0.2) is 12.6 Å². The number of rotatable bonds is 6. The third-order valence-corrected chi connectivity index (χ3v) is 4.74. The Morgan fingerprint density at radius 1 is 0.808 bits per heavy atom. The van der Waals surface area contributed by atoms with Crippen LogP contribution < -0.4 is 0 Å². The first-order valence-corrected chi connectivity index (χ1v) is 8.61. The van der Waals surface area contributed by atoms with Gasteiger partial charge in [-0.15, -0.1) is 0 Å². The Hall–Kier alpha value is 0.967. The van der Waals surface area contributed by atoms with Gasteiger partial charge < -0.3 is 18.9 Å². The fourth-order valence-corrected chi connectivity index (χ4v) is 3.18. The van der Waals surface area contributed by atoms with E-state index < -0.39 is 0 Å². The van der Waals surface area contributed by atoms with Crippen LogP contribution >= 0.6 is 65.6 Å². The predicted molar refractivity (Wildman–Crippen MR) is 134 cm³/mol. The highest BCUT2D eigenvalue weighted by Crippen LogP contribution is 2.28. The molecule has 0 amide bonds. The molecule has 0 saturated carbocycles. The summed E-state index contributed by atoms with van der Waals surface area (Å²) in [6.07, 6.45) is 8.05. The first kappa shape index (κ1) is 37.7. The van der Waals surface area contributed by atoms with Crippen LogP contribution in [-0.2, 0) is 18.9 Å². The smallest absolute Gasteiger partial charge is 0.156 e. The Morgan fingerprint density at radius 2 is 1.19 bits per heavy atom. The molecule has 0 N–H and O–H groups in total. The maximum absolute atomic E-state index is 5.77. The molecular formula is C16H35ClO4S4Si. The summed E-state index contributed by atoms with van der Waals surface area (Å²) >= 11 is 5.77. The highest BCUT2D eigenvalue weighted by molar-refractivity contribution is 7.59. The molecule has 2 rings (SSSR count). The summed E-state index contributed by atoms with van der Waals surface area (Å²) in [6, 6.07) is 0. The fourth-order valence-electron chi connectivity index (χ4n) is 1.71. The maximum Gasteiger partial charge on any atom is 0.156 e. The van der Waals surface area contributed by atoms with Crippen molar-refractivity contribution in [1.82, 2.24) is 0 Å². The van der Waals surface area contributed by atoms with E-state index in [0.29, 0.717) is 0 Å². The minimum Gasteiger partial charge on any atom is -0.356 e. The minimum absolute atomic E-state index is 0. The Balaban J connectivity index is -0.0000000792. The fraction of sp³-hybridized carbons (Fsp3) is 0.625. The second-order valence-corrected chi connectivity index (χ2v) is 6.21. The van der Waals surface area contributed by atoms with Gasteiger partial charge in [-0.25, -0.2) is 0 Å². The topological polar surface area (TPSA) is 36.9 Å². The van der Waals surface area contributed by atoms with Crippen LogP contribution in [0.2, 0.25) is 0 Å². The SMILES string of the molecule is CCC(OC)OC.CCC(OC)OC.ClC1=C2C=CC(=C1)[Si]2.S.S.S.S. The van der Waals surface area contributed by atoms with Gasteiger partial charge in [0, 0.05) is 33.5 Å². The first-order chi connectivity index (χ1) is 10.6. The van der Waals surface area contributed by atoms with E-state index in [-0.39, 0.29) is 66.6 Å². The molecule has 26 heavy (non-hydrogen) atoms. The Kier molecular flexibility index (Phi) is 34.8. The predicted octanol–water partition coefficient (Wildman–Crippen LogP) is 4.09. The molecule has 2 aliphatic rings. The van der Waals surface area contributed by atoms with E-state index in [2.05, 4.69) is 12.2 Å². The molecule has 2 heterocycles. The van der Waals surface area contributed by atoms with Crippen molar-refractivity contribution in [3.8, 4) is 0 Å². The van der Waals surface area contributed by atoms with E-state index in [0.717, 1.165) is 27.4 Å². The molecule has 0 spiro atoms. The van der Waals surface area contributed by atoms with Crippen molar-refractivity contribution in [2.75, 3.05) is 28.4 Å². The lowest BCUT2D eigenvalue weighted by atomic mass is 10.3. The lowest BCUT2D eigenvalue weighted by molar-refractivity contribution is -0.103. The number of methoxy groups -OCH3 is 4. The second-order valence-electron chi connectivity index (χ2n) is 4.44. The summed E-state index contributed by atoms with van der Waals surface area (Å²) < 4.78 is 19.3. The van der Waals surface area contributed by atoms with Gasteiger partial charge in [0.05, 0.1) is 0 Å². The van der Waals surface area contributed by atoms with Crippen molar-refractivity contribution in [3.05, 3.63) is 33.7 Å². The van der Waals surface area contributed by atoms with E-state index in [1.165, 1.54) is 10.4 Å². The van der Waals surface area contributed by atoms with Crippen LogP contribution in [0.3, 0.4) is 0 Å². The van der Waals surface area contributed by atoms with E-state index in [9.17, 15) is 0 Å². The minimum atomic E-state index is -0.0139. The summed E-state index contributed by atoms with van der Waals surface area (Å²) in [7, 11) is 7.39. The van der Waals surface area contributed by atoms with Crippen molar-refractivity contribution in [2.24, 2.45) is 0 Å². The van der Waals surface area contributed by atoms with Gasteiger partial charge in [-0.3, -0.25) is 0 Å². The van der Waals surface area contributed by atoms with E-state index >= 15 is 0 Å². The van der Waals surface area contributed by atoms with Crippen LogP contribution in [0.5, 0.6) is 0 Å². The lowest BCUT2D eigenvalue weighted by Crippen LogP contribution is -2.10. The van der Waals surface area contributed by atoms with Gasteiger partial charge in [0.2, 0.25) is 0 Å². The maximum atomic E-state index is 5.77. The zero-order chi connectivity index (χ0) is 17.0. The molecule has 0 fully saturated rings. The number of ether oxygens (including phenoxy) is 4. The van der Waals surface area contributed by atoms with Gasteiger partial charge >= 0.3 is 0 Å². The number of hydrogen-bond acceptors (Lipinski definition) is 4. The van der Waals surface area contributed by atoms with Crippen LogP contribution in [0.1, 0.15) is 26.7 Å². The van der Waals surface area contributed by atoms with Crippen molar-refractivity contribution >= 4 is 75.1 Å². The summed E-state index contributed by atoms with van der Waals surface area (Å²) in [5.41, 5.74) is 0. The Labute approximate surface area is 194 Å². The Morgan fingerprint density at radius 3 is 1.27 bits per heavy atom. The van der Waals surface area contributed by atoms with Crippen LogP contribution in [0.25, 0.3) is 0 Å². The van der Waals surface area contributed by atoms with Crippen LogP contribution in [0.4, 0.5) is 0 Å². The average Bonchev–Trinajstić information content (AvgIpc) is 3.14. The largest absolute Gasteiger partial charge is 0.356 e. The van der Waals surface area contributed by atoms with Gasteiger partial charge in [-0.05, 0) is 24.1 Å². The Bertz CT molecular complexity index is 379. The van der Waals surface area contributed by atoms with Crippen LogP contribution in [-0.4, -0.2) is 50.5 Å². The van der Waals surface area contributed by atoms with Crippen molar-refractivity contribution in [3.63, 3.8) is 0 Å². The molecule has 0 unspecified atom stereocenters. The molecule has 158 valence electrons. The van der Waals surface area contributed by atoms with Crippen molar-refractivity contribution in [1.29, 1.82) is 0 Å². The normalized spacial score (nSPS) is 12.6. The molecule has 10 heteroatoms. The summed E-state index contributed by atoms with van der Waals surface area (Å²) in [5, 5.41) is 3.63. The van der Waals surface area contributed by atoms with E-state index in [1.54, 1.807) is 28.4 Å². The van der Waals surface area contributed by atoms with Crippen molar-refractivity contribution in [2.45, 2.75) is 39.3 Å². The molecule has 2 aliphatic heterocycles. The average molecular weight is 483 g/mol. The van der Waals surface area contributed by atoms with Gasteiger partial charge in [-0.1, -0.05) is 42.8 Å². The number of hydrogen-bond donors (Lipinski definition) is 0. The molecule has 0 aromatic rings. The van der Waals surface area contributed by atoms with Crippen LogP contribution in [0, 0.1) is 0 Å². The molecule has 2 radical (unpaired) electrons. The third kappa shape index (κ3) is 16.0. The quantitative estimate of drug-likeness (QED) is 0.422. The molecule has 4 nitrogen and oxygen atoms in total. The first-order valence-electron chi connectivity index (χ1n) is 7.23. The van der Waals surface area contributed by atoms with E-state index in [1.807, 2.05) is 19.9 Å². The highest BCUT2D eigenvalue weighted by Gasteiger charge is 2.16. The summed E-state index contributed by atoms with van der Waals surface area (Å²) in [5.74, 6) is 0. The molecule has 0 aliphatic carbocycles.